The largest absolute Gasteiger partial charge is 0.508 e. The number of carbonyl (C=O) groups is 2. The molecule has 3 aromatic rings. The van der Waals surface area contributed by atoms with Crippen molar-refractivity contribution in [2.24, 2.45) is 11.8 Å². The van der Waals surface area contributed by atoms with E-state index in [1.807, 2.05) is 62.4 Å². The van der Waals surface area contributed by atoms with Gasteiger partial charge < -0.3 is 28.4 Å². The van der Waals surface area contributed by atoms with Crippen molar-refractivity contribution < 1.29 is 41.5 Å². The molecule has 0 unspecified atom stereocenters. The SMILES string of the molecule is COc1cc(NS(=O)(=O)CCN2CCCC2)c(C)c2c1C[C@H]1C[C@H]3[C@H](N(C)C)c4onc(OCc5ccccc5)c4C(=O)[C@@]3(O[Si](C)(C)C(C)(C)C)C(O)=C1C2=O. The molecule has 0 bridgehead atoms. The molecule has 1 saturated heterocycles. The van der Waals surface area contributed by atoms with Crippen molar-refractivity contribution in [3.63, 3.8) is 0 Å². The molecular weight excluding hydrogens is 765 g/mol. The first-order valence-electron chi connectivity index (χ1n) is 19.8. The van der Waals surface area contributed by atoms with E-state index in [1.165, 1.54) is 7.11 Å². The number of hydrogen-bond acceptors (Lipinski definition) is 12. The van der Waals surface area contributed by atoms with Crippen LogP contribution in [0.4, 0.5) is 5.69 Å². The summed E-state index contributed by atoms with van der Waals surface area (Å²) in [7, 11) is -1.45. The Morgan fingerprint density at radius 1 is 1.11 bits per heavy atom. The number of allylic oxidation sites excluding steroid dienone is 1. The van der Waals surface area contributed by atoms with Gasteiger partial charge in [0.1, 0.15) is 23.7 Å². The average Bonchev–Trinajstić information content (AvgIpc) is 3.82. The molecule has 1 fully saturated rings. The van der Waals surface area contributed by atoms with Gasteiger partial charge >= 0.3 is 0 Å². The van der Waals surface area contributed by atoms with Gasteiger partial charge in [-0.2, -0.15) is 0 Å². The molecule has 4 atom stereocenters. The number of aliphatic hydroxyl groups is 1. The molecule has 0 radical (unpaired) electrons. The molecule has 2 aromatic carbocycles. The van der Waals surface area contributed by atoms with Crippen molar-refractivity contribution in [1.82, 2.24) is 15.0 Å². The second-order valence-corrected chi connectivity index (χ2v) is 24.3. The standard InChI is InChI=1S/C42H56N4O9SSi/c1-25-30(44-56(50,51)20-19-46-17-13-14-18-46)23-31(52-7)28-21-27-22-29-35(45(5)6)37-34(40(43-54-37)53-24-26-15-11-10-12-16-26)39(49)42(29,55-57(8,9)41(2,3)4)38(48)33(27)36(47)32(25)28/h10-12,15-16,23,27,29,35,44,48H,13-14,17-22,24H2,1-9H3/t27-,29-,35-,42-/m0/s1. The number of aromatic nitrogens is 1. The lowest BCUT2D eigenvalue weighted by Crippen LogP contribution is -2.65. The number of aliphatic hydroxyl groups excluding tert-OH is 1. The van der Waals surface area contributed by atoms with Gasteiger partial charge in [0.15, 0.2) is 25.5 Å². The van der Waals surface area contributed by atoms with E-state index in [0.717, 1.165) is 31.5 Å². The van der Waals surface area contributed by atoms with Crippen molar-refractivity contribution in [1.29, 1.82) is 0 Å². The van der Waals surface area contributed by atoms with Crippen molar-refractivity contribution in [3.8, 4) is 11.6 Å². The van der Waals surface area contributed by atoms with Gasteiger partial charge in [-0.05, 0) is 100 Å². The van der Waals surface area contributed by atoms with Crippen LogP contribution in [0, 0.1) is 18.8 Å². The molecule has 1 aromatic heterocycles. The van der Waals surface area contributed by atoms with Gasteiger partial charge in [0, 0.05) is 35.2 Å². The topological polar surface area (TPSA) is 161 Å². The molecule has 308 valence electrons. The number of ketones is 2. The fourth-order valence-electron chi connectivity index (χ4n) is 8.94. The number of rotatable bonds is 12. The number of Topliss-reactive ketones (excluding diaryl/α,β-unsaturated/α-hetero) is 2. The van der Waals surface area contributed by atoms with E-state index in [0.29, 0.717) is 42.0 Å². The molecule has 0 amide bonds. The monoisotopic (exact) mass is 820 g/mol. The Kier molecular flexibility index (Phi) is 10.8. The van der Waals surface area contributed by atoms with E-state index >= 15 is 9.59 Å². The highest BCUT2D eigenvalue weighted by molar-refractivity contribution is 7.92. The molecule has 15 heteroatoms. The zero-order chi connectivity index (χ0) is 41.2. The zero-order valence-electron chi connectivity index (χ0n) is 34.5. The molecular formula is C42H56N4O9SSi. The van der Waals surface area contributed by atoms with Crippen LogP contribution in [0.3, 0.4) is 0 Å². The van der Waals surface area contributed by atoms with Crippen LogP contribution in [0.2, 0.25) is 18.1 Å². The summed E-state index contributed by atoms with van der Waals surface area (Å²) in [4.78, 5) is 34.7. The van der Waals surface area contributed by atoms with E-state index in [9.17, 15) is 13.5 Å². The number of nitrogens with zero attached hydrogens (tertiary/aromatic N) is 3. The number of ether oxygens (including phenoxy) is 2. The summed E-state index contributed by atoms with van der Waals surface area (Å²) in [6.45, 7) is 14.2. The molecule has 13 nitrogen and oxygen atoms in total. The lowest BCUT2D eigenvalue weighted by atomic mass is 9.58. The predicted octanol–water partition coefficient (Wildman–Crippen LogP) is 6.85. The average molecular weight is 821 g/mol. The fraction of sp³-hybridized carbons (Fsp3) is 0.548. The third kappa shape index (κ3) is 7.13. The highest BCUT2D eigenvalue weighted by atomic mass is 32.2. The number of sulfonamides is 1. The smallest absolute Gasteiger partial charge is 0.265 e. The molecule has 7 rings (SSSR count). The summed E-state index contributed by atoms with van der Waals surface area (Å²) in [6.07, 6.45) is 2.70. The molecule has 0 spiro atoms. The fourth-order valence-corrected chi connectivity index (χ4v) is 11.5. The minimum Gasteiger partial charge on any atom is -0.508 e. The highest BCUT2D eigenvalue weighted by Gasteiger charge is 2.67. The Morgan fingerprint density at radius 2 is 1.79 bits per heavy atom. The number of nitrogens with one attached hydrogen (secondary N) is 1. The van der Waals surface area contributed by atoms with E-state index in [2.05, 4.69) is 35.5 Å². The minimum absolute atomic E-state index is 0.00941. The number of hydrogen-bond donors (Lipinski definition) is 2. The van der Waals surface area contributed by atoms with Crippen LogP contribution in [0.25, 0.3) is 0 Å². The summed E-state index contributed by atoms with van der Waals surface area (Å²) in [5.74, 6) is -2.09. The van der Waals surface area contributed by atoms with Crippen molar-refractivity contribution in [2.75, 3.05) is 51.3 Å². The molecule has 1 aliphatic heterocycles. The highest BCUT2D eigenvalue weighted by Crippen LogP contribution is 2.60. The number of anilines is 1. The number of carbonyl (C=O) groups excluding carboxylic acids is 2. The Hall–Kier alpha value is -4.02. The van der Waals surface area contributed by atoms with Gasteiger partial charge in [-0.3, -0.25) is 19.2 Å². The van der Waals surface area contributed by atoms with Crippen molar-refractivity contribution in [3.05, 3.63) is 81.3 Å². The third-order valence-corrected chi connectivity index (χ3v) is 18.6. The van der Waals surface area contributed by atoms with E-state index < -0.39 is 64.2 Å². The molecule has 4 aliphatic rings. The second kappa shape index (κ2) is 15.0. The minimum atomic E-state index is -3.79. The summed E-state index contributed by atoms with van der Waals surface area (Å²) < 4.78 is 54.8. The van der Waals surface area contributed by atoms with Crippen LogP contribution in [-0.4, -0.2) is 101 Å². The van der Waals surface area contributed by atoms with E-state index in [4.69, 9.17) is 18.4 Å². The van der Waals surface area contributed by atoms with Crippen LogP contribution in [0.15, 0.2) is 52.3 Å². The molecule has 0 saturated carbocycles. The van der Waals surface area contributed by atoms with Gasteiger partial charge in [-0.25, -0.2) is 8.42 Å². The number of benzene rings is 2. The predicted molar refractivity (Wildman–Crippen MR) is 219 cm³/mol. The molecule has 57 heavy (non-hydrogen) atoms. The van der Waals surface area contributed by atoms with Crippen molar-refractivity contribution >= 4 is 35.6 Å². The van der Waals surface area contributed by atoms with Crippen LogP contribution < -0.4 is 14.2 Å². The summed E-state index contributed by atoms with van der Waals surface area (Å²) >= 11 is 0. The Morgan fingerprint density at radius 3 is 2.42 bits per heavy atom. The summed E-state index contributed by atoms with van der Waals surface area (Å²) in [6, 6.07) is 10.5. The van der Waals surface area contributed by atoms with E-state index in [1.54, 1.807) is 13.0 Å². The quantitative estimate of drug-likeness (QED) is 0.183. The van der Waals surface area contributed by atoms with Crippen molar-refractivity contribution in [2.45, 2.75) is 89.8 Å². The molecule has 3 aliphatic carbocycles. The van der Waals surface area contributed by atoms with Gasteiger partial charge in [0.25, 0.3) is 5.88 Å². The lowest BCUT2D eigenvalue weighted by Gasteiger charge is -2.55. The molecule has 2 N–H and O–H groups in total. The second-order valence-electron chi connectivity index (χ2n) is 17.7. The van der Waals surface area contributed by atoms with Crippen LogP contribution >= 0.6 is 0 Å². The normalized spacial score (nSPS) is 23.9. The first kappa shape index (κ1) is 41.1. The maximum atomic E-state index is 15.5. The Balaban J connectivity index is 1.37. The third-order valence-electron chi connectivity index (χ3n) is 12.9. The van der Waals surface area contributed by atoms with E-state index in [-0.39, 0.29) is 40.6 Å². The maximum absolute atomic E-state index is 15.5. The number of methoxy groups -OCH3 is 1. The van der Waals surface area contributed by atoms with Crippen LogP contribution in [0.1, 0.15) is 89.2 Å². The first-order valence-corrected chi connectivity index (χ1v) is 24.4. The number of fused-ring (bicyclic) bond motifs is 4. The summed E-state index contributed by atoms with van der Waals surface area (Å²) in [5, 5.41) is 16.8. The van der Waals surface area contributed by atoms with Gasteiger partial charge in [0.2, 0.25) is 15.8 Å². The van der Waals surface area contributed by atoms with Gasteiger partial charge in [-0.1, -0.05) is 51.1 Å². The zero-order valence-corrected chi connectivity index (χ0v) is 36.3. The summed E-state index contributed by atoms with van der Waals surface area (Å²) in [5.41, 5.74) is 0.576. The lowest BCUT2D eigenvalue weighted by molar-refractivity contribution is -0.0480. The van der Waals surface area contributed by atoms with Gasteiger partial charge in [0.05, 0.1) is 24.6 Å². The van der Waals surface area contributed by atoms with Crippen LogP contribution in [-0.2, 0) is 27.5 Å². The van der Waals surface area contributed by atoms with Gasteiger partial charge in [-0.15, -0.1) is 0 Å². The molecule has 2 heterocycles. The first-order chi connectivity index (χ1) is 26.8. The van der Waals surface area contributed by atoms with Crippen LogP contribution in [0.5, 0.6) is 11.6 Å². The number of likely N-dealkylation sites (tertiary alicyclic amines) is 1. The Bertz CT molecular complexity index is 2210. The Labute approximate surface area is 336 Å². The maximum Gasteiger partial charge on any atom is 0.265 e.